The second-order valence-electron chi connectivity index (χ2n) is 6.86. The molecule has 1 unspecified atom stereocenters. The maximum absolute atomic E-state index is 3.89. The highest BCUT2D eigenvalue weighted by molar-refractivity contribution is 4.98. The lowest BCUT2D eigenvalue weighted by molar-refractivity contribution is 0.0855. The summed E-state index contributed by atoms with van der Waals surface area (Å²) in [5.41, 5.74) is 0.535. The number of piperidine rings is 1. The van der Waals surface area contributed by atoms with Crippen molar-refractivity contribution in [3.05, 3.63) is 0 Å². The molecule has 2 saturated heterocycles. The molecular formula is C16H30N2. The summed E-state index contributed by atoms with van der Waals surface area (Å²) in [6, 6.07) is 0.891. The van der Waals surface area contributed by atoms with Crippen LogP contribution < -0.4 is 5.32 Å². The first-order valence-electron chi connectivity index (χ1n) is 8.37. The summed E-state index contributed by atoms with van der Waals surface area (Å²) in [6.45, 7) is 4.02. The van der Waals surface area contributed by atoms with Crippen molar-refractivity contribution in [1.29, 1.82) is 0 Å². The van der Waals surface area contributed by atoms with Gasteiger partial charge >= 0.3 is 0 Å². The summed E-state index contributed by atoms with van der Waals surface area (Å²) in [6.07, 6.45) is 15.9. The lowest BCUT2D eigenvalue weighted by Crippen LogP contribution is -2.57. The van der Waals surface area contributed by atoms with Crippen LogP contribution in [0.15, 0.2) is 0 Å². The van der Waals surface area contributed by atoms with Crippen molar-refractivity contribution in [3.63, 3.8) is 0 Å². The van der Waals surface area contributed by atoms with E-state index in [1.54, 1.807) is 0 Å². The van der Waals surface area contributed by atoms with Crippen LogP contribution in [0.1, 0.15) is 70.6 Å². The van der Waals surface area contributed by atoms with Crippen LogP contribution in [-0.4, -0.2) is 36.1 Å². The van der Waals surface area contributed by atoms with E-state index in [1.165, 1.54) is 90.3 Å². The van der Waals surface area contributed by atoms with Crippen molar-refractivity contribution < 1.29 is 0 Å². The van der Waals surface area contributed by atoms with E-state index < -0.39 is 0 Å². The second kappa shape index (κ2) is 5.92. The Hall–Kier alpha value is -0.0800. The number of rotatable bonds is 1. The Morgan fingerprint density at radius 3 is 2.22 bits per heavy atom. The zero-order valence-electron chi connectivity index (χ0n) is 11.9. The number of likely N-dealkylation sites (tertiary alicyclic amines) is 1. The van der Waals surface area contributed by atoms with Gasteiger partial charge < -0.3 is 10.2 Å². The van der Waals surface area contributed by atoms with Crippen LogP contribution in [-0.2, 0) is 0 Å². The lowest BCUT2D eigenvalue weighted by atomic mass is 9.74. The quantitative estimate of drug-likeness (QED) is 0.768. The summed E-state index contributed by atoms with van der Waals surface area (Å²) in [5.74, 6) is 0. The molecule has 2 nitrogen and oxygen atoms in total. The second-order valence-corrected chi connectivity index (χ2v) is 6.86. The summed E-state index contributed by atoms with van der Waals surface area (Å²) >= 11 is 0. The van der Waals surface area contributed by atoms with Crippen LogP contribution in [0.2, 0.25) is 0 Å². The van der Waals surface area contributed by atoms with Gasteiger partial charge in [-0.15, -0.1) is 0 Å². The minimum absolute atomic E-state index is 0.535. The van der Waals surface area contributed by atoms with Gasteiger partial charge in [0.15, 0.2) is 0 Å². The standard InChI is InChI=1S/C16H30N2/c1-2-7-13-18(12-6-1)15-8-11-17-16(14-15)9-4-3-5-10-16/h15,17H,1-14H2. The van der Waals surface area contributed by atoms with Gasteiger partial charge in [0.2, 0.25) is 0 Å². The largest absolute Gasteiger partial charge is 0.311 e. The summed E-state index contributed by atoms with van der Waals surface area (Å²) in [4.78, 5) is 2.84. The molecule has 1 N–H and O–H groups in total. The molecule has 0 aromatic heterocycles. The van der Waals surface area contributed by atoms with Gasteiger partial charge in [0.1, 0.15) is 0 Å². The van der Waals surface area contributed by atoms with E-state index in [1.807, 2.05) is 0 Å². The molecule has 18 heavy (non-hydrogen) atoms. The Morgan fingerprint density at radius 2 is 1.50 bits per heavy atom. The molecule has 2 aliphatic heterocycles. The fraction of sp³-hybridized carbons (Fsp3) is 1.00. The zero-order valence-corrected chi connectivity index (χ0v) is 11.9. The fourth-order valence-corrected chi connectivity index (χ4v) is 4.51. The molecule has 1 atom stereocenters. The van der Waals surface area contributed by atoms with E-state index in [2.05, 4.69) is 10.2 Å². The highest BCUT2D eigenvalue weighted by Gasteiger charge is 2.38. The van der Waals surface area contributed by atoms with Crippen molar-refractivity contribution in [2.24, 2.45) is 0 Å². The van der Waals surface area contributed by atoms with Crippen molar-refractivity contribution in [2.45, 2.75) is 82.2 Å². The third kappa shape index (κ3) is 2.91. The molecule has 0 radical (unpaired) electrons. The van der Waals surface area contributed by atoms with Crippen molar-refractivity contribution in [1.82, 2.24) is 10.2 Å². The van der Waals surface area contributed by atoms with E-state index in [4.69, 9.17) is 0 Å². The molecule has 1 spiro atoms. The summed E-state index contributed by atoms with van der Waals surface area (Å²) in [7, 11) is 0. The normalized spacial score (nSPS) is 34.3. The minimum Gasteiger partial charge on any atom is -0.311 e. The first-order chi connectivity index (χ1) is 8.88. The third-order valence-corrected chi connectivity index (χ3v) is 5.57. The minimum atomic E-state index is 0.535. The molecule has 3 fully saturated rings. The number of nitrogens with zero attached hydrogens (tertiary/aromatic N) is 1. The molecule has 3 aliphatic rings. The first-order valence-corrected chi connectivity index (χ1v) is 8.37. The molecule has 104 valence electrons. The Balaban J connectivity index is 1.61. The van der Waals surface area contributed by atoms with E-state index in [0.29, 0.717) is 5.54 Å². The average molecular weight is 250 g/mol. The highest BCUT2D eigenvalue weighted by atomic mass is 15.2. The molecule has 0 amide bonds. The van der Waals surface area contributed by atoms with Gasteiger partial charge in [0.25, 0.3) is 0 Å². The molecular weight excluding hydrogens is 220 g/mol. The molecule has 0 bridgehead atoms. The van der Waals surface area contributed by atoms with Gasteiger partial charge in [-0.3, -0.25) is 0 Å². The molecule has 0 aromatic rings. The molecule has 0 aromatic carbocycles. The van der Waals surface area contributed by atoms with Gasteiger partial charge in [-0.2, -0.15) is 0 Å². The third-order valence-electron chi connectivity index (χ3n) is 5.57. The Labute approximate surface area is 113 Å². The Kier molecular flexibility index (Phi) is 4.25. The van der Waals surface area contributed by atoms with Gasteiger partial charge in [0, 0.05) is 11.6 Å². The number of hydrogen-bond acceptors (Lipinski definition) is 2. The summed E-state index contributed by atoms with van der Waals surface area (Å²) in [5, 5.41) is 3.89. The zero-order chi connectivity index (χ0) is 12.3. The maximum Gasteiger partial charge on any atom is 0.0196 e. The van der Waals surface area contributed by atoms with Crippen molar-refractivity contribution in [3.8, 4) is 0 Å². The predicted octanol–water partition coefficient (Wildman–Crippen LogP) is 3.32. The predicted molar refractivity (Wildman–Crippen MR) is 76.9 cm³/mol. The van der Waals surface area contributed by atoms with Gasteiger partial charge in [0.05, 0.1) is 0 Å². The van der Waals surface area contributed by atoms with Crippen LogP contribution in [0.5, 0.6) is 0 Å². The van der Waals surface area contributed by atoms with Crippen LogP contribution in [0.4, 0.5) is 0 Å². The highest BCUT2D eigenvalue weighted by Crippen LogP contribution is 2.36. The SMILES string of the molecule is C1CCCN(C2CCNC3(CCCCC3)C2)CC1. The topological polar surface area (TPSA) is 15.3 Å². The fourth-order valence-electron chi connectivity index (χ4n) is 4.51. The molecule has 2 heterocycles. The molecule has 1 aliphatic carbocycles. The molecule has 2 heteroatoms. The Morgan fingerprint density at radius 1 is 0.833 bits per heavy atom. The van der Waals surface area contributed by atoms with Crippen LogP contribution >= 0.6 is 0 Å². The van der Waals surface area contributed by atoms with E-state index in [-0.39, 0.29) is 0 Å². The molecule has 1 saturated carbocycles. The average Bonchev–Trinajstić information content (AvgIpc) is 2.68. The van der Waals surface area contributed by atoms with Gasteiger partial charge in [-0.25, -0.2) is 0 Å². The molecule has 3 rings (SSSR count). The Bertz CT molecular complexity index is 244. The van der Waals surface area contributed by atoms with Crippen LogP contribution in [0, 0.1) is 0 Å². The van der Waals surface area contributed by atoms with Gasteiger partial charge in [-0.05, 0) is 58.2 Å². The summed E-state index contributed by atoms with van der Waals surface area (Å²) < 4.78 is 0. The number of hydrogen-bond donors (Lipinski definition) is 1. The number of nitrogens with one attached hydrogen (secondary N) is 1. The van der Waals surface area contributed by atoms with Crippen molar-refractivity contribution >= 4 is 0 Å². The van der Waals surface area contributed by atoms with E-state index in [9.17, 15) is 0 Å². The van der Waals surface area contributed by atoms with Crippen LogP contribution in [0.3, 0.4) is 0 Å². The van der Waals surface area contributed by atoms with E-state index in [0.717, 1.165) is 6.04 Å². The van der Waals surface area contributed by atoms with Crippen molar-refractivity contribution in [2.75, 3.05) is 19.6 Å². The lowest BCUT2D eigenvalue weighted by Gasteiger charge is -2.47. The first kappa shape index (κ1) is 12.9. The van der Waals surface area contributed by atoms with Gasteiger partial charge in [-0.1, -0.05) is 32.1 Å². The van der Waals surface area contributed by atoms with E-state index >= 15 is 0 Å². The maximum atomic E-state index is 3.89. The smallest absolute Gasteiger partial charge is 0.0196 e. The monoisotopic (exact) mass is 250 g/mol. The van der Waals surface area contributed by atoms with Crippen LogP contribution in [0.25, 0.3) is 0 Å².